The Balaban J connectivity index is 2.33. The number of imidazole rings is 1. The van der Waals surface area contributed by atoms with Crippen LogP contribution in [0.4, 0.5) is 0 Å². The van der Waals surface area contributed by atoms with E-state index in [4.69, 9.17) is 0 Å². The summed E-state index contributed by atoms with van der Waals surface area (Å²) in [7, 11) is 0. The van der Waals surface area contributed by atoms with E-state index in [2.05, 4.69) is 15.0 Å². The van der Waals surface area contributed by atoms with E-state index in [1.807, 2.05) is 24.3 Å². The molecule has 2 N–H and O–H groups in total. The number of aromatic nitrogens is 3. The molecule has 2 heterocycles. The van der Waals surface area contributed by atoms with Crippen molar-refractivity contribution in [1.82, 2.24) is 15.0 Å². The van der Waals surface area contributed by atoms with Crippen molar-refractivity contribution in [2.45, 2.75) is 13.0 Å². The molecular weight excluding hydrogens is 202 g/mol. The number of H-pyrrole nitrogens is 1. The Kier molecular flexibility index (Phi) is 1.91. The number of hydrogen-bond acceptors (Lipinski definition) is 3. The number of pyridine rings is 1. The SMILES string of the molecule is CC(O)c1ccc2cc3ncnc3cc2[nH]1. The molecule has 16 heavy (non-hydrogen) atoms. The highest BCUT2D eigenvalue weighted by Crippen LogP contribution is 2.21. The zero-order valence-electron chi connectivity index (χ0n) is 8.81. The molecule has 1 aromatic carbocycles. The standard InChI is InChI=1S/C12H11N3O/c1-7(16)9-3-2-8-4-11-12(14-6-13-11)5-10(8)15-9/h2-7,15-16H,1H3. The van der Waals surface area contributed by atoms with Gasteiger partial charge in [0.05, 0.1) is 17.1 Å². The van der Waals surface area contributed by atoms with E-state index in [0.717, 1.165) is 27.6 Å². The molecule has 0 saturated heterocycles. The molecule has 4 nitrogen and oxygen atoms in total. The lowest BCUT2D eigenvalue weighted by Crippen LogP contribution is -1.95. The predicted octanol–water partition coefficient (Wildman–Crippen LogP) is 2.16. The van der Waals surface area contributed by atoms with Gasteiger partial charge in [0.15, 0.2) is 0 Å². The van der Waals surface area contributed by atoms with Crippen molar-refractivity contribution in [3.05, 3.63) is 36.3 Å². The van der Waals surface area contributed by atoms with Gasteiger partial charge in [-0.2, -0.15) is 0 Å². The summed E-state index contributed by atoms with van der Waals surface area (Å²) in [5.41, 5.74) is 3.52. The van der Waals surface area contributed by atoms with Crippen LogP contribution in [0.15, 0.2) is 30.6 Å². The van der Waals surface area contributed by atoms with Gasteiger partial charge in [-0.25, -0.2) is 9.97 Å². The van der Waals surface area contributed by atoms with Crippen LogP contribution < -0.4 is 0 Å². The summed E-state index contributed by atoms with van der Waals surface area (Å²) in [5.74, 6) is 0. The molecule has 0 aliphatic heterocycles. The molecule has 2 aromatic heterocycles. The summed E-state index contributed by atoms with van der Waals surface area (Å²) < 4.78 is 0. The van der Waals surface area contributed by atoms with Gasteiger partial charge in [-0.1, -0.05) is 6.07 Å². The van der Waals surface area contributed by atoms with Crippen LogP contribution in [0.2, 0.25) is 0 Å². The number of nitrogens with zero attached hydrogens (tertiary/aromatic N) is 2. The summed E-state index contributed by atoms with van der Waals surface area (Å²) in [6.07, 6.45) is 1.06. The first-order valence-electron chi connectivity index (χ1n) is 5.15. The van der Waals surface area contributed by atoms with Crippen molar-refractivity contribution in [1.29, 1.82) is 0 Å². The molecule has 3 rings (SSSR count). The molecule has 0 radical (unpaired) electrons. The number of aliphatic hydroxyl groups is 1. The zero-order valence-corrected chi connectivity index (χ0v) is 8.81. The summed E-state index contributed by atoms with van der Waals surface area (Å²) in [6.45, 7) is 1.73. The maximum absolute atomic E-state index is 9.50. The molecule has 0 aliphatic rings. The fraction of sp³-hybridized carbons (Fsp3) is 0.167. The highest BCUT2D eigenvalue weighted by Gasteiger charge is 2.04. The Bertz CT molecular complexity index is 657. The maximum Gasteiger partial charge on any atom is 0.116 e. The maximum atomic E-state index is 9.50. The third kappa shape index (κ3) is 1.35. The molecule has 0 amide bonds. The fourth-order valence-electron chi connectivity index (χ4n) is 1.82. The van der Waals surface area contributed by atoms with Crippen LogP contribution in [-0.4, -0.2) is 20.1 Å². The summed E-state index contributed by atoms with van der Waals surface area (Å²) in [5, 5.41) is 10.6. The molecule has 4 heteroatoms. The van der Waals surface area contributed by atoms with Crippen LogP contribution >= 0.6 is 0 Å². The van der Waals surface area contributed by atoms with Gasteiger partial charge in [0, 0.05) is 16.6 Å². The molecule has 3 aromatic rings. The molecule has 80 valence electrons. The number of aromatic amines is 1. The summed E-state index contributed by atoms with van der Waals surface area (Å²) in [6, 6.07) is 7.79. The number of hydrogen-bond donors (Lipinski definition) is 2. The van der Waals surface area contributed by atoms with Crippen molar-refractivity contribution in [2.75, 3.05) is 0 Å². The van der Waals surface area contributed by atoms with E-state index in [1.165, 1.54) is 0 Å². The van der Waals surface area contributed by atoms with Crippen LogP contribution in [0.3, 0.4) is 0 Å². The van der Waals surface area contributed by atoms with Crippen molar-refractivity contribution >= 4 is 21.9 Å². The number of nitrogens with one attached hydrogen (secondary N) is 1. The molecule has 0 fully saturated rings. The highest BCUT2D eigenvalue weighted by molar-refractivity contribution is 5.92. The van der Waals surface area contributed by atoms with Crippen molar-refractivity contribution < 1.29 is 5.11 Å². The van der Waals surface area contributed by atoms with E-state index in [-0.39, 0.29) is 0 Å². The van der Waals surface area contributed by atoms with Crippen molar-refractivity contribution in [3.8, 4) is 0 Å². The number of fused-ring (bicyclic) bond motifs is 2. The first kappa shape index (κ1) is 9.30. The Morgan fingerprint density at radius 3 is 2.69 bits per heavy atom. The number of rotatable bonds is 1. The van der Waals surface area contributed by atoms with E-state index in [9.17, 15) is 5.11 Å². The van der Waals surface area contributed by atoms with Gasteiger partial charge in [-0.3, -0.25) is 0 Å². The average molecular weight is 213 g/mol. The van der Waals surface area contributed by atoms with E-state index in [0.29, 0.717) is 0 Å². The Hall–Kier alpha value is -1.94. The quantitative estimate of drug-likeness (QED) is 0.651. The smallest absolute Gasteiger partial charge is 0.116 e. The fourth-order valence-corrected chi connectivity index (χ4v) is 1.82. The van der Waals surface area contributed by atoms with Crippen LogP contribution in [0.5, 0.6) is 0 Å². The van der Waals surface area contributed by atoms with Crippen LogP contribution in [0.25, 0.3) is 21.9 Å². The normalized spacial score (nSPS) is 13.4. The molecule has 0 spiro atoms. The monoisotopic (exact) mass is 213 g/mol. The third-order valence-corrected chi connectivity index (χ3v) is 2.71. The van der Waals surface area contributed by atoms with Gasteiger partial charge >= 0.3 is 0 Å². The molecule has 0 saturated carbocycles. The minimum absolute atomic E-state index is 0.495. The van der Waals surface area contributed by atoms with Crippen LogP contribution in [0, 0.1) is 0 Å². The average Bonchev–Trinajstić information content (AvgIpc) is 2.71. The molecular formula is C12H11N3O. The number of benzene rings is 1. The number of aliphatic hydroxyl groups excluding tert-OH is 1. The molecule has 1 atom stereocenters. The Labute approximate surface area is 92.0 Å². The Morgan fingerprint density at radius 1 is 1.19 bits per heavy atom. The van der Waals surface area contributed by atoms with Gasteiger partial charge < -0.3 is 10.1 Å². The van der Waals surface area contributed by atoms with E-state index >= 15 is 0 Å². The first-order chi connectivity index (χ1) is 7.74. The van der Waals surface area contributed by atoms with Gasteiger partial charge in [-0.05, 0) is 25.1 Å². The van der Waals surface area contributed by atoms with E-state index < -0.39 is 6.10 Å². The molecule has 1 unspecified atom stereocenters. The van der Waals surface area contributed by atoms with Crippen LogP contribution in [-0.2, 0) is 0 Å². The first-order valence-corrected chi connectivity index (χ1v) is 5.15. The summed E-state index contributed by atoms with van der Waals surface area (Å²) >= 11 is 0. The van der Waals surface area contributed by atoms with E-state index in [1.54, 1.807) is 13.3 Å². The molecule has 0 aliphatic carbocycles. The largest absolute Gasteiger partial charge is 0.387 e. The minimum atomic E-state index is -0.495. The Morgan fingerprint density at radius 2 is 1.94 bits per heavy atom. The van der Waals surface area contributed by atoms with Crippen molar-refractivity contribution in [3.63, 3.8) is 0 Å². The lowest BCUT2D eigenvalue weighted by Gasteiger charge is -2.06. The topological polar surface area (TPSA) is 61.8 Å². The van der Waals surface area contributed by atoms with Gasteiger partial charge in [0.1, 0.15) is 6.33 Å². The van der Waals surface area contributed by atoms with Crippen LogP contribution in [0.1, 0.15) is 18.7 Å². The highest BCUT2D eigenvalue weighted by atomic mass is 16.3. The summed E-state index contributed by atoms with van der Waals surface area (Å²) in [4.78, 5) is 11.5. The van der Waals surface area contributed by atoms with Gasteiger partial charge in [-0.15, -0.1) is 0 Å². The lowest BCUT2D eigenvalue weighted by atomic mass is 10.1. The second-order valence-electron chi connectivity index (χ2n) is 3.89. The predicted molar refractivity (Wildman–Crippen MR) is 62.0 cm³/mol. The van der Waals surface area contributed by atoms with Gasteiger partial charge in [0.2, 0.25) is 0 Å². The zero-order chi connectivity index (χ0) is 11.1. The van der Waals surface area contributed by atoms with Gasteiger partial charge in [0.25, 0.3) is 0 Å². The third-order valence-electron chi connectivity index (χ3n) is 2.71. The second-order valence-corrected chi connectivity index (χ2v) is 3.89. The molecule has 0 bridgehead atoms. The second kappa shape index (κ2) is 3.28. The lowest BCUT2D eigenvalue weighted by molar-refractivity contribution is 0.195. The van der Waals surface area contributed by atoms with Crippen molar-refractivity contribution in [2.24, 2.45) is 0 Å². The minimum Gasteiger partial charge on any atom is -0.387 e.